The normalized spacial score (nSPS) is 11.1. The highest BCUT2D eigenvalue weighted by Crippen LogP contribution is 2.32. The number of carbonyl (C=O) groups is 2. The fourth-order valence-electron chi connectivity index (χ4n) is 1.33. The molecule has 9 heteroatoms. The molecule has 0 bridgehead atoms. The molecular weight excluding hydrogens is 271 g/mol. The first-order valence-electron chi connectivity index (χ1n) is 4.73. The monoisotopic (exact) mass is 277 g/mol. The maximum Gasteiger partial charge on any atom is 0.416 e. The molecule has 0 aromatic heterocycles. The number of ketones is 1. The Morgan fingerprint density at radius 1 is 1.32 bits per heavy atom. The number of carboxylic acid groups (broad SMARTS) is 1. The van der Waals surface area contributed by atoms with E-state index in [1.165, 1.54) is 0 Å². The molecule has 0 amide bonds. The summed E-state index contributed by atoms with van der Waals surface area (Å²) in [4.78, 5) is 30.9. The van der Waals surface area contributed by atoms with Crippen molar-refractivity contribution in [2.45, 2.75) is 12.6 Å². The van der Waals surface area contributed by atoms with Gasteiger partial charge in [0.1, 0.15) is 0 Å². The molecule has 0 unspecified atom stereocenters. The number of hydrogen-bond donors (Lipinski definition) is 1. The van der Waals surface area contributed by atoms with Crippen LogP contribution in [0.5, 0.6) is 0 Å². The largest absolute Gasteiger partial charge is 0.475 e. The minimum atomic E-state index is -4.74. The number of carbonyl (C=O) groups excluding carboxylic acids is 1. The summed E-state index contributed by atoms with van der Waals surface area (Å²) >= 11 is 0. The van der Waals surface area contributed by atoms with Gasteiger partial charge >= 0.3 is 12.1 Å². The number of nitro benzene ring substituents is 1. The fraction of sp³-hybridized carbons (Fsp3) is 0.200. The molecule has 1 rings (SSSR count). The second-order valence-electron chi connectivity index (χ2n) is 3.50. The number of nitrogens with zero attached hydrogens (tertiary/aromatic N) is 1. The Bertz CT molecular complexity index is 553. The number of halogens is 3. The van der Waals surface area contributed by atoms with E-state index in [9.17, 15) is 32.9 Å². The van der Waals surface area contributed by atoms with E-state index in [0.29, 0.717) is 18.2 Å². The van der Waals surface area contributed by atoms with Crippen molar-refractivity contribution < 1.29 is 32.8 Å². The molecule has 0 aliphatic heterocycles. The molecule has 19 heavy (non-hydrogen) atoms. The predicted molar refractivity (Wildman–Crippen MR) is 54.4 cm³/mol. The van der Waals surface area contributed by atoms with Gasteiger partial charge in [0.05, 0.1) is 10.5 Å². The van der Waals surface area contributed by atoms with Gasteiger partial charge in [-0.1, -0.05) is 0 Å². The zero-order chi connectivity index (χ0) is 14.8. The molecule has 1 aromatic rings. The van der Waals surface area contributed by atoms with Crippen molar-refractivity contribution in [2.75, 3.05) is 0 Å². The summed E-state index contributed by atoms with van der Waals surface area (Å²) in [5, 5.41) is 19.0. The lowest BCUT2D eigenvalue weighted by Gasteiger charge is -2.08. The van der Waals surface area contributed by atoms with Crippen LogP contribution in [0.15, 0.2) is 18.2 Å². The topological polar surface area (TPSA) is 97.5 Å². The van der Waals surface area contributed by atoms with Crippen LogP contribution >= 0.6 is 0 Å². The Balaban J connectivity index is 3.27. The van der Waals surface area contributed by atoms with E-state index >= 15 is 0 Å². The molecule has 0 radical (unpaired) electrons. The Hall–Kier alpha value is -2.45. The molecule has 0 saturated carbocycles. The SMILES string of the molecule is O=C(O)C(=O)Cc1cc(C(F)(F)F)ccc1[N+](=O)[O-]. The van der Waals surface area contributed by atoms with Gasteiger partial charge in [0.2, 0.25) is 5.78 Å². The number of carboxylic acids is 1. The first-order valence-corrected chi connectivity index (χ1v) is 4.73. The molecule has 1 aromatic carbocycles. The van der Waals surface area contributed by atoms with Gasteiger partial charge in [0.15, 0.2) is 0 Å². The van der Waals surface area contributed by atoms with E-state index in [0.717, 1.165) is 0 Å². The minimum Gasteiger partial charge on any atom is -0.475 e. The third kappa shape index (κ3) is 3.50. The smallest absolute Gasteiger partial charge is 0.416 e. The van der Waals surface area contributed by atoms with Gasteiger partial charge in [-0.15, -0.1) is 0 Å². The molecule has 0 aliphatic carbocycles. The third-order valence-corrected chi connectivity index (χ3v) is 2.19. The van der Waals surface area contributed by atoms with Crippen molar-refractivity contribution in [3.8, 4) is 0 Å². The van der Waals surface area contributed by atoms with Crippen molar-refractivity contribution in [3.05, 3.63) is 39.4 Å². The van der Waals surface area contributed by atoms with Crippen LogP contribution in [-0.4, -0.2) is 21.8 Å². The number of benzene rings is 1. The lowest BCUT2D eigenvalue weighted by atomic mass is 10.0. The average Bonchev–Trinajstić information content (AvgIpc) is 2.27. The van der Waals surface area contributed by atoms with Crippen LogP contribution in [0.4, 0.5) is 18.9 Å². The number of aliphatic carboxylic acids is 1. The van der Waals surface area contributed by atoms with Crippen LogP contribution in [0.3, 0.4) is 0 Å². The van der Waals surface area contributed by atoms with Crippen LogP contribution in [0.1, 0.15) is 11.1 Å². The highest BCUT2D eigenvalue weighted by Gasteiger charge is 2.32. The van der Waals surface area contributed by atoms with Crippen LogP contribution < -0.4 is 0 Å². The number of hydrogen-bond acceptors (Lipinski definition) is 4. The highest BCUT2D eigenvalue weighted by atomic mass is 19.4. The highest BCUT2D eigenvalue weighted by molar-refractivity contribution is 6.33. The molecule has 0 aliphatic rings. The second-order valence-corrected chi connectivity index (χ2v) is 3.50. The molecule has 0 spiro atoms. The van der Waals surface area contributed by atoms with Gasteiger partial charge in [-0.2, -0.15) is 13.2 Å². The molecule has 102 valence electrons. The van der Waals surface area contributed by atoms with E-state index in [4.69, 9.17) is 5.11 Å². The quantitative estimate of drug-likeness (QED) is 0.514. The van der Waals surface area contributed by atoms with E-state index in [1.54, 1.807) is 0 Å². The third-order valence-electron chi connectivity index (χ3n) is 2.19. The maximum absolute atomic E-state index is 12.4. The van der Waals surface area contributed by atoms with Crippen LogP contribution in [0, 0.1) is 10.1 Å². The Morgan fingerprint density at radius 2 is 1.89 bits per heavy atom. The molecule has 1 N–H and O–H groups in total. The predicted octanol–water partition coefficient (Wildman–Crippen LogP) is 1.81. The van der Waals surface area contributed by atoms with Gasteiger partial charge in [-0.05, 0) is 12.1 Å². The molecule has 6 nitrogen and oxygen atoms in total. The standard InChI is InChI=1S/C10H6F3NO5/c11-10(12,13)6-1-2-7(14(18)19)5(3-6)4-8(15)9(16)17/h1-3H,4H2,(H,16,17). The van der Waals surface area contributed by atoms with E-state index < -0.39 is 46.1 Å². The first kappa shape index (κ1) is 14.6. The van der Waals surface area contributed by atoms with E-state index in [-0.39, 0.29) is 0 Å². The first-order chi connectivity index (χ1) is 8.62. The molecule has 0 saturated heterocycles. The van der Waals surface area contributed by atoms with E-state index in [2.05, 4.69) is 0 Å². The van der Waals surface area contributed by atoms with Crippen LogP contribution in [-0.2, 0) is 22.2 Å². The Kier molecular flexibility index (Phi) is 3.88. The zero-order valence-electron chi connectivity index (χ0n) is 9.10. The summed E-state index contributed by atoms with van der Waals surface area (Å²) < 4.78 is 37.3. The number of alkyl halides is 3. The van der Waals surface area contributed by atoms with Crippen molar-refractivity contribution in [2.24, 2.45) is 0 Å². The summed E-state index contributed by atoms with van der Waals surface area (Å²) in [5.74, 6) is -3.30. The molecule has 0 fully saturated rings. The lowest BCUT2D eigenvalue weighted by molar-refractivity contribution is -0.385. The number of nitro groups is 1. The fourth-order valence-corrected chi connectivity index (χ4v) is 1.33. The molecular formula is C10H6F3NO5. The van der Waals surface area contributed by atoms with E-state index in [1.807, 2.05) is 0 Å². The zero-order valence-corrected chi connectivity index (χ0v) is 9.10. The average molecular weight is 277 g/mol. The van der Waals surface area contributed by atoms with Crippen LogP contribution in [0.25, 0.3) is 0 Å². The van der Waals surface area contributed by atoms with Crippen molar-refractivity contribution in [3.63, 3.8) is 0 Å². The number of Topliss-reactive ketones (excluding diaryl/α,β-unsaturated/α-hetero) is 1. The summed E-state index contributed by atoms with van der Waals surface area (Å²) in [6.45, 7) is 0. The summed E-state index contributed by atoms with van der Waals surface area (Å²) in [5.41, 5.74) is -2.51. The lowest BCUT2D eigenvalue weighted by Crippen LogP contribution is -2.16. The molecule has 0 heterocycles. The van der Waals surface area contributed by atoms with Gasteiger partial charge in [0, 0.05) is 18.1 Å². The Morgan fingerprint density at radius 3 is 2.32 bits per heavy atom. The second kappa shape index (κ2) is 5.04. The van der Waals surface area contributed by atoms with Gasteiger partial charge in [-0.3, -0.25) is 14.9 Å². The summed E-state index contributed by atoms with van der Waals surface area (Å²) in [6.07, 6.45) is -5.72. The maximum atomic E-state index is 12.4. The van der Waals surface area contributed by atoms with Crippen LogP contribution in [0.2, 0.25) is 0 Å². The van der Waals surface area contributed by atoms with Gasteiger partial charge in [-0.25, -0.2) is 4.79 Å². The Labute approximate surface area is 103 Å². The molecule has 0 atom stereocenters. The van der Waals surface area contributed by atoms with Gasteiger partial charge < -0.3 is 5.11 Å². The minimum absolute atomic E-state index is 0.402. The van der Waals surface area contributed by atoms with Crippen molar-refractivity contribution in [1.29, 1.82) is 0 Å². The summed E-state index contributed by atoms with van der Waals surface area (Å²) in [7, 11) is 0. The summed E-state index contributed by atoms with van der Waals surface area (Å²) in [6, 6.07) is 1.49. The van der Waals surface area contributed by atoms with Crippen molar-refractivity contribution >= 4 is 17.4 Å². The number of rotatable bonds is 4. The van der Waals surface area contributed by atoms with Gasteiger partial charge in [0.25, 0.3) is 5.69 Å². The van der Waals surface area contributed by atoms with Crippen molar-refractivity contribution in [1.82, 2.24) is 0 Å².